The number of ether oxygens (including phenoxy) is 1. The van der Waals surface area contributed by atoms with E-state index in [9.17, 15) is 18.0 Å². The van der Waals surface area contributed by atoms with Crippen LogP contribution in [0.2, 0.25) is 0 Å². The predicted molar refractivity (Wildman–Crippen MR) is 110 cm³/mol. The fraction of sp³-hybridized carbons (Fsp3) is 0.400. The van der Waals surface area contributed by atoms with Gasteiger partial charge in [-0.3, -0.25) is 9.59 Å². The Morgan fingerprint density at radius 2 is 1.77 bits per heavy atom. The zero-order chi connectivity index (χ0) is 21.6. The molecule has 1 aromatic heterocycles. The van der Waals surface area contributed by atoms with Crippen LogP contribution >= 0.6 is 0 Å². The molecule has 1 aliphatic heterocycles. The molecule has 0 aliphatic carbocycles. The maximum absolute atomic E-state index is 12.6. The van der Waals surface area contributed by atoms with E-state index >= 15 is 0 Å². The number of nitrogens with zero attached hydrogens (tertiary/aromatic N) is 1. The third-order valence-electron chi connectivity index (χ3n) is 4.57. The van der Waals surface area contributed by atoms with Crippen LogP contribution in [0.25, 0.3) is 0 Å². The monoisotopic (exact) mass is 435 g/mol. The molecule has 30 heavy (non-hydrogen) atoms. The Morgan fingerprint density at radius 3 is 2.43 bits per heavy atom. The van der Waals surface area contributed by atoms with E-state index in [1.165, 1.54) is 16.4 Å². The van der Waals surface area contributed by atoms with Gasteiger partial charge in [-0.15, -0.1) is 0 Å². The Labute approximate surface area is 175 Å². The maximum Gasteiger partial charge on any atom is 0.287 e. The predicted octanol–water partition coefficient (Wildman–Crippen LogP) is 2.22. The molecule has 0 unspecified atom stereocenters. The largest absolute Gasteiger partial charge is 0.494 e. The first-order valence-corrected chi connectivity index (χ1v) is 11.2. The number of rotatable bonds is 8. The molecule has 162 valence electrons. The summed E-state index contributed by atoms with van der Waals surface area (Å²) in [6, 6.07) is 9.38. The van der Waals surface area contributed by atoms with Gasteiger partial charge in [0.05, 0.1) is 13.2 Å². The van der Waals surface area contributed by atoms with Gasteiger partial charge in [0.15, 0.2) is 5.76 Å². The van der Waals surface area contributed by atoms with Crippen LogP contribution in [0.1, 0.15) is 36.7 Å². The molecule has 3 rings (SSSR count). The highest BCUT2D eigenvalue weighted by atomic mass is 32.2. The van der Waals surface area contributed by atoms with Gasteiger partial charge in [0.25, 0.3) is 15.9 Å². The molecular formula is C20H25N3O6S. The molecule has 10 heteroatoms. The number of carbonyl (C=O) groups excluding carboxylic acids is 2. The zero-order valence-corrected chi connectivity index (χ0v) is 17.5. The van der Waals surface area contributed by atoms with Crippen LogP contribution in [0.3, 0.4) is 0 Å². The first-order valence-electron chi connectivity index (χ1n) is 9.81. The van der Waals surface area contributed by atoms with E-state index in [0.717, 1.165) is 19.3 Å². The lowest BCUT2D eigenvalue weighted by atomic mass is 10.2. The van der Waals surface area contributed by atoms with Crippen LogP contribution < -0.4 is 15.4 Å². The molecule has 0 saturated carbocycles. The van der Waals surface area contributed by atoms with Gasteiger partial charge in [-0.1, -0.05) is 6.42 Å². The van der Waals surface area contributed by atoms with Gasteiger partial charge in [0.2, 0.25) is 11.0 Å². The molecule has 1 saturated heterocycles. The van der Waals surface area contributed by atoms with E-state index in [2.05, 4.69) is 10.6 Å². The summed E-state index contributed by atoms with van der Waals surface area (Å²) < 4.78 is 37.1. The molecule has 2 N–H and O–H groups in total. The molecule has 2 amide bonds. The number of hydrogen-bond acceptors (Lipinski definition) is 6. The SMILES string of the molecule is CCOc1ccc(NC(=O)CNC(=O)c2ccc(S(=O)(=O)N3CCCCC3)o2)cc1. The minimum absolute atomic E-state index is 0.167. The minimum atomic E-state index is -3.76. The Bertz CT molecular complexity index is 978. The van der Waals surface area contributed by atoms with Crippen LogP contribution in [0, 0.1) is 0 Å². The van der Waals surface area contributed by atoms with Gasteiger partial charge in [-0.2, -0.15) is 4.31 Å². The normalized spacial score (nSPS) is 14.8. The van der Waals surface area contributed by atoms with Crippen LogP contribution in [0.5, 0.6) is 5.75 Å². The van der Waals surface area contributed by atoms with E-state index in [1.807, 2.05) is 6.92 Å². The highest BCUT2D eigenvalue weighted by Crippen LogP contribution is 2.22. The highest BCUT2D eigenvalue weighted by molar-refractivity contribution is 7.89. The topological polar surface area (TPSA) is 118 Å². The van der Waals surface area contributed by atoms with E-state index < -0.39 is 21.8 Å². The fourth-order valence-corrected chi connectivity index (χ4v) is 4.50. The lowest BCUT2D eigenvalue weighted by Gasteiger charge is -2.24. The van der Waals surface area contributed by atoms with Crippen molar-refractivity contribution in [3.8, 4) is 5.75 Å². The van der Waals surface area contributed by atoms with E-state index in [0.29, 0.717) is 31.1 Å². The third-order valence-corrected chi connectivity index (χ3v) is 6.35. The number of piperidine rings is 1. The molecule has 0 spiro atoms. The molecule has 0 bridgehead atoms. The Kier molecular flexibility index (Phi) is 7.11. The molecule has 2 heterocycles. The van der Waals surface area contributed by atoms with Crippen molar-refractivity contribution in [1.29, 1.82) is 0 Å². The summed E-state index contributed by atoms with van der Waals surface area (Å²) in [5.74, 6) is -0.575. The molecule has 1 aromatic carbocycles. The van der Waals surface area contributed by atoms with Gasteiger partial charge in [-0.05, 0) is 56.2 Å². The first kappa shape index (κ1) is 21.8. The summed E-state index contributed by atoms with van der Waals surface area (Å²) in [5.41, 5.74) is 0.561. The van der Waals surface area contributed by atoms with Crippen LogP contribution in [0.4, 0.5) is 5.69 Å². The second-order valence-electron chi connectivity index (χ2n) is 6.77. The number of anilines is 1. The van der Waals surface area contributed by atoms with Gasteiger partial charge >= 0.3 is 0 Å². The number of furan rings is 1. The quantitative estimate of drug-likeness (QED) is 0.656. The van der Waals surface area contributed by atoms with Gasteiger partial charge in [-0.25, -0.2) is 8.42 Å². The summed E-state index contributed by atoms with van der Waals surface area (Å²) in [4.78, 5) is 24.3. The van der Waals surface area contributed by atoms with Crippen LogP contribution in [-0.4, -0.2) is 50.8 Å². The van der Waals surface area contributed by atoms with Gasteiger partial charge in [0.1, 0.15) is 5.75 Å². The lowest BCUT2D eigenvalue weighted by Crippen LogP contribution is -2.35. The summed E-state index contributed by atoms with van der Waals surface area (Å²) in [7, 11) is -3.76. The molecule has 9 nitrogen and oxygen atoms in total. The molecule has 1 aliphatic rings. The number of hydrogen-bond donors (Lipinski definition) is 2. The average Bonchev–Trinajstić information content (AvgIpc) is 3.26. The van der Waals surface area contributed by atoms with Crippen molar-refractivity contribution in [2.45, 2.75) is 31.3 Å². The maximum atomic E-state index is 12.6. The van der Waals surface area contributed by atoms with Crippen molar-refractivity contribution in [1.82, 2.24) is 9.62 Å². The van der Waals surface area contributed by atoms with E-state index in [1.54, 1.807) is 24.3 Å². The second-order valence-corrected chi connectivity index (χ2v) is 8.64. The summed E-state index contributed by atoms with van der Waals surface area (Å²) >= 11 is 0. The van der Waals surface area contributed by atoms with E-state index in [4.69, 9.17) is 9.15 Å². The summed E-state index contributed by atoms with van der Waals surface area (Å²) in [6.45, 7) is 3.02. The smallest absolute Gasteiger partial charge is 0.287 e. The lowest BCUT2D eigenvalue weighted by molar-refractivity contribution is -0.115. The highest BCUT2D eigenvalue weighted by Gasteiger charge is 2.29. The first-order chi connectivity index (χ1) is 14.4. The second kappa shape index (κ2) is 9.77. The number of nitrogens with one attached hydrogen (secondary N) is 2. The van der Waals surface area contributed by atoms with Crippen LogP contribution in [-0.2, 0) is 14.8 Å². The van der Waals surface area contributed by atoms with Crippen LogP contribution in [0.15, 0.2) is 45.9 Å². The minimum Gasteiger partial charge on any atom is -0.494 e. The Hall–Kier alpha value is -2.85. The van der Waals surface area contributed by atoms with Gasteiger partial charge < -0.3 is 19.8 Å². The van der Waals surface area contributed by atoms with Crippen molar-refractivity contribution in [3.63, 3.8) is 0 Å². The number of carbonyl (C=O) groups is 2. The average molecular weight is 436 g/mol. The number of amides is 2. The molecule has 1 fully saturated rings. The zero-order valence-electron chi connectivity index (χ0n) is 16.7. The Balaban J connectivity index is 1.53. The molecule has 0 atom stereocenters. The van der Waals surface area contributed by atoms with Crippen molar-refractivity contribution in [3.05, 3.63) is 42.2 Å². The molecule has 0 radical (unpaired) electrons. The van der Waals surface area contributed by atoms with Crippen molar-refractivity contribution in [2.75, 3.05) is 31.6 Å². The number of sulfonamides is 1. The van der Waals surface area contributed by atoms with E-state index in [-0.39, 0.29) is 17.4 Å². The molecule has 2 aromatic rings. The third kappa shape index (κ3) is 5.39. The van der Waals surface area contributed by atoms with Gasteiger partial charge in [0, 0.05) is 18.8 Å². The van der Waals surface area contributed by atoms with Crippen molar-refractivity contribution in [2.24, 2.45) is 0 Å². The van der Waals surface area contributed by atoms with Crippen molar-refractivity contribution >= 4 is 27.5 Å². The summed E-state index contributed by atoms with van der Waals surface area (Å²) in [6.07, 6.45) is 2.60. The Morgan fingerprint density at radius 1 is 1.07 bits per heavy atom. The number of benzene rings is 1. The molecular weight excluding hydrogens is 410 g/mol. The summed E-state index contributed by atoms with van der Waals surface area (Å²) in [5, 5.41) is 4.80. The fourth-order valence-electron chi connectivity index (χ4n) is 3.07. The van der Waals surface area contributed by atoms with Crippen molar-refractivity contribution < 1.29 is 27.2 Å². The standard InChI is InChI=1S/C20H25N3O6S/c1-2-28-16-8-6-15(7-9-16)22-18(24)14-21-20(25)17-10-11-19(29-17)30(26,27)23-12-4-3-5-13-23/h6-11H,2-5,12-14H2,1H3,(H,21,25)(H,22,24).